The van der Waals surface area contributed by atoms with E-state index < -0.39 is 0 Å². The van der Waals surface area contributed by atoms with E-state index in [1.807, 2.05) is 18.2 Å². The van der Waals surface area contributed by atoms with Crippen LogP contribution in [0.25, 0.3) is 10.8 Å². The highest BCUT2D eigenvalue weighted by atomic mass is 16.6. The molecular weight excluding hydrogens is 248 g/mol. The molecule has 0 radical (unpaired) electrons. The van der Waals surface area contributed by atoms with E-state index in [0.717, 1.165) is 30.2 Å². The van der Waals surface area contributed by atoms with Crippen LogP contribution in [0.1, 0.15) is 30.7 Å². The van der Waals surface area contributed by atoms with Gasteiger partial charge in [-0.2, -0.15) is 0 Å². The van der Waals surface area contributed by atoms with Crippen molar-refractivity contribution in [2.45, 2.75) is 31.3 Å². The second kappa shape index (κ2) is 5.38. The molecule has 0 bridgehead atoms. The summed E-state index contributed by atoms with van der Waals surface area (Å²) < 4.78 is 5.26. The third-order valence-electron chi connectivity index (χ3n) is 3.84. The fourth-order valence-electron chi connectivity index (χ4n) is 2.75. The quantitative estimate of drug-likeness (QED) is 0.478. The van der Waals surface area contributed by atoms with Crippen LogP contribution in [-0.4, -0.2) is 12.1 Å². The van der Waals surface area contributed by atoms with Gasteiger partial charge in [-0.1, -0.05) is 42.5 Å². The van der Waals surface area contributed by atoms with Gasteiger partial charge in [0.1, 0.15) is 12.0 Å². The van der Waals surface area contributed by atoms with Crippen molar-refractivity contribution in [3.05, 3.63) is 48.0 Å². The Hall–Kier alpha value is -2.27. The van der Waals surface area contributed by atoms with E-state index >= 15 is 0 Å². The average Bonchev–Trinajstić information content (AvgIpc) is 2.46. The van der Waals surface area contributed by atoms with Crippen LogP contribution in [-0.2, 0) is 9.53 Å². The molecule has 100 valence electrons. The lowest BCUT2D eigenvalue weighted by molar-refractivity contribution is -0.175. The van der Waals surface area contributed by atoms with E-state index in [2.05, 4.69) is 30.2 Å². The van der Waals surface area contributed by atoms with Crippen molar-refractivity contribution in [1.29, 1.82) is 0 Å². The molecule has 1 fully saturated rings. The zero-order chi connectivity index (χ0) is 13.9. The molecule has 2 atom stereocenters. The summed E-state index contributed by atoms with van der Waals surface area (Å²) in [5.41, 5.74) is 1.05. The minimum absolute atomic E-state index is 0.0167. The van der Waals surface area contributed by atoms with E-state index in [0.29, 0.717) is 0 Å². The highest BCUT2D eigenvalue weighted by Crippen LogP contribution is 2.36. The zero-order valence-corrected chi connectivity index (χ0v) is 11.2. The molecule has 2 nitrogen and oxygen atoms in total. The van der Waals surface area contributed by atoms with Gasteiger partial charge in [-0.3, -0.25) is 4.79 Å². The minimum Gasteiger partial charge on any atom is -0.461 e. The largest absolute Gasteiger partial charge is 0.461 e. The number of fused-ring (bicyclic) bond motifs is 1. The van der Waals surface area contributed by atoms with Crippen LogP contribution in [0.4, 0.5) is 0 Å². The molecule has 2 unspecified atom stereocenters. The maximum atomic E-state index is 11.7. The molecule has 0 aliphatic carbocycles. The summed E-state index contributed by atoms with van der Waals surface area (Å²) in [6.07, 6.45) is 7.71. The second-order valence-electron chi connectivity index (χ2n) is 5.16. The van der Waals surface area contributed by atoms with Gasteiger partial charge in [0.25, 0.3) is 0 Å². The Kier molecular flexibility index (Phi) is 3.43. The van der Waals surface area contributed by atoms with Gasteiger partial charge in [0.2, 0.25) is 0 Å². The third kappa shape index (κ3) is 2.28. The standard InChI is InChI=1S/C18H16O2/c1-2-3-4-9-16-17(18(19)20-16)15-11-10-13-7-5-6-8-14(13)12-15/h1,5-8,10-12,16-17H,3-4,9H2. The van der Waals surface area contributed by atoms with Crippen LogP contribution in [0, 0.1) is 12.3 Å². The lowest BCUT2D eigenvalue weighted by atomic mass is 9.85. The monoisotopic (exact) mass is 264 g/mol. The van der Waals surface area contributed by atoms with Gasteiger partial charge in [-0.15, -0.1) is 12.3 Å². The maximum Gasteiger partial charge on any atom is 0.317 e. The van der Waals surface area contributed by atoms with Gasteiger partial charge in [-0.25, -0.2) is 0 Å². The van der Waals surface area contributed by atoms with E-state index in [1.165, 1.54) is 5.39 Å². The molecular formula is C18H16O2. The molecule has 0 aromatic heterocycles. The number of ether oxygens (including phenoxy) is 1. The molecule has 1 aliphatic rings. The average molecular weight is 264 g/mol. The SMILES string of the molecule is C#CCCCC1OC(=O)C1c1ccc2ccccc2c1. The van der Waals surface area contributed by atoms with Crippen LogP contribution >= 0.6 is 0 Å². The Labute approximate surface area is 118 Å². The third-order valence-corrected chi connectivity index (χ3v) is 3.84. The Morgan fingerprint density at radius 2 is 1.95 bits per heavy atom. The Balaban J connectivity index is 1.82. The van der Waals surface area contributed by atoms with Crippen molar-refractivity contribution in [2.75, 3.05) is 0 Å². The molecule has 3 rings (SSSR count). The minimum atomic E-state index is -0.127. The number of hydrogen-bond acceptors (Lipinski definition) is 2. The Morgan fingerprint density at radius 3 is 2.70 bits per heavy atom. The zero-order valence-electron chi connectivity index (χ0n) is 11.2. The first-order valence-corrected chi connectivity index (χ1v) is 6.92. The molecule has 1 aliphatic heterocycles. The van der Waals surface area contributed by atoms with Crippen molar-refractivity contribution < 1.29 is 9.53 Å². The van der Waals surface area contributed by atoms with Gasteiger partial charge in [0.05, 0.1) is 0 Å². The van der Waals surface area contributed by atoms with Gasteiger partial charge >= 0.3 is 5.97 Å². The molecule has 0 N–H and O–H groups in total. The Bertz CT molecular complexity index is 681. The van der Waals surface area contributed by atoms with Crippen LogP contribution in [0.15, 0.2) is 42.5 Å². The normalized spacial score (nSPS) is 21.1. The summed E-state index contributed by atoms with van der Waals surface area (Å²) >= 11 is 0. The molecule has 0 spiro atoms. The number of carbonyl (C=O) groups is 1. The number of benzene rings is 2. The van der Waals surface area contributed by atoms with Crippen LogP contribution < -0.4 is 0 Å². The number of esters is 1. The number of unbranched alkanes of at least 4 members (excludes halogenated alkanes) is 1. The number of cyclic esters (lactones) is 1. The smallest absolute Gasteiger partial charge is 0.317 e. The van der Waals surface area contributed by atoms with Gasteiger partial charge in [-0.05, 0) is 29.2 Å². The number of terminal acetylenes is 1. The predicted octanol–water partition coefficient (Wildman–Crippen LogP) is 3.65. The second-order valence-corrected chi connectivity index (χ2v) is 5.16. The van der Waals surface area contributed by atoms with E-state index in [9.17, 15) is 4.79 Å². The maximum absolute atomic E-state index is 11.7. The van der Waals surface area contributed by atoms with Crippen LogP contribution in [0.2, 0.25) is 0 Å². The van der Waals surface area contributed by atoms with Gasteiger partial charge in [0.15, 0.2) is 0 Å². The highest BCUT2D eigenvalue weighted by Gasteiger charge is 2.42. The summed E-state index contributed by atoms with van der Waals surface area (Å²) in [6.45, 7) is 0. The first-order chi connectivity index (χ1) is 9.79. The fraction of sp³-hybridized carbons (Fsp3) is 0.278. The summed E-state index contributed by atoms with van der Waals surface area (Å²) in [6, 6.07) is 14.3. The topological polar surface area (TPSA) is 26.3 Å². The van der Waals surface area contributed by atoms with Crippen LogP contribution in [0.5, 0.6) is 0 Å². The Morgan fingerprint density at radius 1 is 1.15 bits per heavy atom. The molecule has 2 aromatic rings. The van der Waals surface area contributed by atoms with Crippen LogP contribution in [0.3, 0.4) is 0 Å². The molecule has 2 heteroatoms. The lowest BCUT2D eigenvalue weighted by Gasteiger charge is -2.35. The highest BCUT2D eigenvalue weighted by molar-refractivity contribution is 5.88. The van der Waals surface area contributed by atoms with Crippen molar-refractivity contribution in [3.8, 4) is 12.3 Å². The first kappa shape index (κ1) is 12.7. The summed E-state index contributed by atoms with van der Waals surface area (Å²) in [5.74, 6) is 2.37. The number of rotatable bonds is 4. The number of hydrogen-bond donors (Lipinski definition) is 0. The van der Waals surface area contributed by atoms with E-state index in [4.69, 9.17) is 11.2 Å². The van der Waals surface area contributed by atoms with E-state index in [-0.39, 0.29) is 18.0 Å². The summed E-state index contributed by atoms with van der Waals surface area (Å²) in [5, 5.41) is 2.35. The molecule has 1 heterocycles. The van der Waals surface area contributed by atoms with Gasteiger partial charge in [0, 0.05) is 6.42 Å². The molecule has 0 saturated carbocycles. The molecule has 20 heavy (non-hydrogen) atoms. The predicted molar refractivity (Wildman–Crippen MR) is 79.3 cm³/mol. The van der Waals surface area contributed by atoms with E-state index in [1.54, 1.807) is 0 Å². The molecule has 0 amide bonds. The van der Waals surface area contributed by atoms with Crippen molar-refractivity contribution in [3.63, 3.8) is 0 Å². The summed E-state index contributed by atoms with van der Waals surface area (Å²) in [4.78, 5) is 11.7. The first-order valence-electron chi connectivity index (χ1n) is 6.92. The van der Waals surface area contributed by atoms with Gasteiger partial charge < -0.3 is 4.74 Å². The number of carbonyl (C=O) groups excluding carboxylic acids is 1. The molecule has 2 aromatic carbocycles. The summed E-state index contributed by atoms with van der Waals surface area (Å²) in [7, 11) is 0. The van der Waals surface area contributed by atoms with Crippen molar-refractivity contribution in [2.24, 2.45) is 0 Å². The molecule has 1 saturated heterocycles. The van der Waals surface area contributed by atoms with Crippen molar-refractivity contribution >= 4 is 16.7 Å². The van der Waals surface area contributed by atoms with Crippen molar-refractivity contribution in [1.82, 2.24) is 0 Å². The lowest BCUT2D eigenvalue weighted by Crippen LogP contribution is -2.42. The fourth-order valence-corrected chi connectivity index (χ4v) is 2.75.